The van der Waals surface area contributed by atoms with E-state index < -0.39 is 17.6 Å². The molecule has 0 aliphatic heterocycles. The van der Waals surface area contributed by atoms with Crippen molar-refractivity contribution in [2.24, 2.45) is 17.6 Å². The maximum Gasteiger partial charge on any atom is 0.323 e. The Morgan fingerprint density at radius 2 is 1.47 bits per heavy atom. The molecule has 2 heterocycles. The lowest BCUT2D eigenvalue weighted by Crippen LogP contribution is -2.38. The Morgan fingerprint density at radius 1 is 0.860 bits per heavy atom. The minimum absolute atomic E-state index is 0.0150. The van der Waals surface area contributed by atoms with Crippen LogP contribution in [0.1, 0.15) is 129 Å². The van der Waals surface area contributed by atoms with Gasteiger partial charge in [0.2, 0.25) is 5.95 Å². The van der Waals surface area contributed by atoms with E-state index in [1.807, 2.05) is 13.8 Å². The zero-order chi connectivity index (χ0) is 31.5. The van der Waals surface area contributed by atoms with Crippen molar-refractivity contribution in [2.75, 3.05) is 18.9 Å². The van der Waals surface area contributed by atoms with Gasteiger partial charge in [-0.1, -0.05) is 104 Å². The van der Waals surface area contributed by atoms with E-state index in [-0.39, 0.29) is 48.1 Å². The predicted octanol–water partition coefficient (Wildman–Crippen LogP) is 5.72. The number of fused-ring (bicyclic) bond motifs is 1. The van der Waals surface area contributed by atoms with Crippen LogP contribution in [0.25, 0.3) is 11.2 Å². The first-order valence-corrected chi connectivity index (χ1v) is 16.6. The van der Waals surface area contributed by atoms with Crippen LogP contribution in [0.2, 0.25) is 0 Å². The van der Waals surface area contributed by atoms with Crippen molar-refractivity contribution < 1.29 is 19.1 Å². The number of esters is 2. The molecule has 43 heavy (non-hydrogen) atoms. The van der Waals surface area contributed by atoms with Gasteiger partial charge in [-0.2, -0.15) is 4.98 Å². The molecule has 0 bridgehead atoms. The fraction of sp³-hybridized carbons (Fsp3) is 0.781. The molecule has 0 aromatic carbocycles. The average Bonchev–Trinajstić information content (AvgIpc) is 3.39. The molecule has 11 nitrogen and oxygen atoms in total. The molecule has 6 N–H and O–H groups in total. The Balaban J connectivity index is 1.74. The first-order chi connectivity index (χ1) is 20.7. The van der Waals surface area contributed by atoms with Crippen LogP contribution in [-0.4, -0.2) is 51.1 Å². The highest BCUT2D eigenvalue weighted by atomic mass is 16.5. The molecule has 2 aromatic rings. The Labute approximate surface area is 256 Å². The third kappa shape index (κ3) is 14.4. The standard InChI is InChI=1S/C32H56N6O5/c1-4-6-7-8-9-10-11-12-13-14-15-16-17-18-26(39)43-22-24(19-20-42-31(41)27(33)23(3)5-2)21-25-35-28-29(36-25)37-32(34)38-30(28)40/h23-24,27H,4-22,33H2,1-3H3,(H4,34,35,36,37,38,40)/t23-,24?,27-/m0/s1. The zero-order valence-corrected chi connectivity index (χ0v) is 26.8. The number of hydrogen-bond acceptors (Lipinski definition) is 9. The van der Waals surface area contributed by atoms with Gasteiger partial charge >= 0.3 is 11.9 Å². The number of rotatable bonds is 24. The van der Waals surface area contributed by atoms with Crippen LogP contribution in [0.3, 0.4) is 0 Å². The Morgan fingerprint density at radius 3 is 2.07 bits per heavy atom. The zero-order valence-electron chi connectivity index (χ0n) is 26.8. The van der Waals surface area contributed by atoms with Crippen LogP contribution >= 0.6 is 0 Å². The van der Waals surface area contributed by atoms with Gasteiger partial charge in [0.15, 0.2) is 11.2 Å². The molecule has 244 valence electrons. The van der Waals surface area contributed by atoms with Crippen LogP contribution in [0, 0.1) is 11.8 Å². The van der Waals surface area contributed by atoms with Crippen molar-refractivity contribution in [1.29, 1.82) is 0 Å². The maximum atomic E-state index is 12.5. The molecule has 3 atom stereocenters. The second-order valence-corrected chi connectivity index (χ2v) is 11.9. The Hall–Kier alpha value is -2.95. The molecular weight excluding hydrogens is 548 g/mol. The van der Waals surface area contributed by atoms with E-state index in [4.69, 9.17) is 20.9 Å². The molecule has 0 spiro atoms. The summed E-state index contributed by atoms with van der Waals surface area (Å²) in [5, 5.41) is 0. The molecule has 0 aliphatic rings. The minimum atomic E-state index is -0.680. The number of imidazole rings is 1. The molecule has 0 fully saturated rings. The number of carbonyl (C=O) groups is 2. The van der Waals surface area contributed by atoms with Crippen molar-refractivity contribution in [3.63, 3.8) is 0 Å². The summed E-state index contributed by atoms with van der Waals surface area (Å²) in [6.45, 7) is 6.42. The highest BCUT2D eigenvalue weighted by Gasteiger charge is 2.22. The summed E-state index contributed by atoms with van der Waals surface area (Å²) in [7, 11) is 0. The molecule has 2 aromatic heterocycles. The van der Waals surface area contributed by atoms with Gasteiger partial charge in [0, 0.05) is 18.8 Å². The second kappa shape index (κ2) is 20.9. The summed E-state index contributed by atoms with van der Waals surface area (Å²) in [4.78, 5) is 50.9. The van der Waals surface area contributed by atoms with Crippen molar-refractivity contribution in [2.45, 2.75) is 136 Å². The normalized spacial score (nSPS) is 13.6. The number of hydrogen-bond donors (Lipinski definition) is 4. The van der Waals surface area contributed by atoms with Gasteiger partial charge in [0.05, 0.1) is 13.2 Å². The van der Waals surface area contributed by atoms with Crippen LogP contribution in [-0.2, 0) is 25.5 Å². The molecule has 11 heteroatoms. The van der Waals surface area contributed by atoms with Gasteiger partial charge in [-0.15, -0.1) is 0 Å². The molecular formula is C32H56N6O5. The van der Waals surface area contributed by atoms with Gasteiger partial charge in [-0.25, -0.2) is 4.98 Å². The number of aromatic nitrogens is 4. The lowest BCUT2D eigenvalue weighted by molar-refractivity contribution is -0.149. The third-order valence-electron chi connectivity index (χ3n) is 8.17. The number of nitrogens with two attached hydrogens (primary N) is 2. The highest BCUT2D eigenvalue weighted by molar-refractivity contribution is 5.75. The summed E-state index contributed by atoms with van der Waals surface area (Å²) in [5.74, 6) is -0.359. The van der Waals surface area contributed by atoms with Gasteiger partial charge in [-0.3, -0.25) is 19.4 Å². The van der Waals surface area contributed by atoms with Crippen molar-refractivity contribution in [3.05, 3.63) is 16.2 Å². The molecule has 1 unspecified atom stereocenters. The van der Waals surface area contributed by atoms with E-state index in [1.54, 1.807) is 0 Å². The van der Waals surface area contributed by atoms with Gasteiger partial charge < -0.3 is 25.9 Å². The lowest BCUT2D eigenvalue weighted by Gasteiger charge is -2.19. The first-order valence-electron chi connectivity index (χ1n) is 16.6. The Kier molecular flexibility index (Phi) is 17.6. The predicted molar refractivity (Wildman–Crippen MR) is 170 cm³/mol. The highest BCUT2D eigenvalue weighted by Crippen LogP contribution is 2.17. The minimum Gasteiger partial charge on any atom is -0.465 e. The van der Waals surface area contributed by atoms with Crippen molar-refractivity contribution in [3.8, 4) is 0 Å². The van der Waals surface area contributed by atoms with Crippen LogP contribution in [0.5, 0.6) is 0 Å². The third-order valence-corrected chi connectivity index (χ3v) is 8.17. The monoisotopic (exact) mass is 604 g/mol. The first kappa shape index (κ1) is 36.2. The second-order valence-electron chi connectivity index (χ2n) is 11.9. The van der Waals surface area contributed by atoms with Crippen LogP contribution < -0.4 is 17.0 Å². The number of nitrogen functional groups attached to an aromatic ring is 1. The van der Waals surface area contributed by atoms with Gasteiger partial charge in [0.1, 0.15) is 11.9 Å². The topological polar surface area (TPSA) is 179 Å². The quantitative estimate of drug-likeness (QED) is 0.0861. The molecule has 0 aliphatic carbocycles. The van der Waals surface area contributed by atoms with Gasteiger partial charge in [0.25, 0.3) is 5.56 Å². The molecule has 2 rings (SSSR count). The maximum absolute atomic E-state index is 12.5. The van der Waals surface area contributed by atoms with Gasteiger partial charge in [-0.05, 0) is 18.8 Å². The summed E-state index contributed by atoms with van der Waals surface area (Å²) in [5.41, 5.74) is 11.7. The van der Waals surface area contributed by atoms with E-state index in [1.165, 1.54) is 64.2 Å². The molecule has 0 amide bonds. The van der Waals surface area contributed by atoms with Crippen molar-refractivity contribution >= 4 is 29.1 Å². The number of nitrogens with zero attached hydrogens (tertiary/aromatic N) is 2. The fourth-order valence-electron chi connectivity index (χ4n) is 5.07. The number of aromatic amines is 2. The largest absolute Gasteiger partial charge is 0.465 e. The van der Waals surface area contributed by atoms with E-state index in [0.717, 1.165) is 25.7 Å². The summed E-state index contributed by atoms with van der Waals surface area (Å²) in [6, 6.07) is -0.680. The van der Waals surface area contributed by atoms with E-state index >= 15 is 0 Å². The SMILES string of the molecule is CCCCCCCCCCCCCCCC(=O)OCC(CCOC(=O)[C@@H](N)[C@@H](C)CC)Cc1nc2nc(N)[nH]c(=O)c2[nH]1. The fourth-order valence-corrected chi connectivity index (χ4v) is 5.07. The van der Waals surface area contributed by atoms with E-state index in [2.05, 4.69) is 26.9 Å². The van der Waals surface area contributed by atoms with Crippen molar-refractivity contribution in [1.82, 2.24) is 19.9 Å². The summed E-state index contributed by atoms with van der Waals surface area (Å²) >= 11 is 0. The van der Waals surface area contributed by atoms with E-state index in [0.29, 0.717) is 25.1 Å². The number of ether oxygens (including phenoxy) is 2. The molecule has 0 radical (unpaired) electrons. The number of unbranched alkanes of at least 4 members (excludes halogenated alkanes) is 12. The number of anilines is 1. The Bertz CT molecular complexity index is 1130. The van der Waals surface area contributed by atoms with E-state index in [9.17, 15) is 14.4 Å². The lowest BCUT2D eigenvalue weighted by atomic mass is 10.0. The summed E-state index contributed by atoms with van der Waals surface area (Å²) in [6.07, 6.45) is 18.2. The number of H-pyrrole nitrogens is 2. The van der Waals surface area contributed by atoms with Crippen LogP contribution in [0.4, 0.5) is 5.95 Å². The number of carbonyl (C=O) groups excluding carboxylic acids is 2. The average molecular weight is 605 g/mol. The van der Waals surface area contributed by atoms with Crippen LogP contribution in [0.15, 0.2) is 4.79 Å². The smallest absolute Gasteiger partial charge is 0.323 e. The molecule has 0 saturated carbocycles. The number of nitrogens with one attached hydrogen (secondary N) is 2. The molecule has 0 saturated heterocycles. The summed E-state index contributed by atoms with van der Waals surface area (Å²) < 4.78 is 11.0.